The molecule has 0 bridgehead atoms. The zero-order valence-electron chi connectivity index (χ0n) is 14.0. The maximum absolute atomic E-state index is 12.8. The van der Waals surface area contributed by atoms with Gasteiger partial charge in [0, 0.05) is 36.2 Å². The van der Waals surface area contributed by atoms with E-state index >= 15 is 0 Å². The molecular weight excluding hydrogens is 308 g/mol. The highest BCUT2D eigenvalue weighted by Crippen LogP contribution is 2.29. The Balaban J connectivity index is 1.77. The monoisotopic (exact) mass is 330 g/mol. The Bertz CT molecular complexity index is 692. The molecule has 1 saturated heterocycles. The van der Waals surface area contributed by atoms with E-state index in [4.69, 9.17) is 0 Å². The van der Waals surface area contributed by atoms with Crippen molar-refractivity contribution in [2.24, 2.45) is 0 Å². The lowest BCUT2D eigenvalue weighted by atomic mass is 9.96. The van der Waals surface area contributed by atoms with Crippen molar-refractivity contribution >= 4 is 28.3 Å². The van der Waals surface area contributed by atoms with Crippen molar-refractivity contribution in [1.29, 1.82) is 0 Å². The minimum Gasteiger partial charge on any atom is -0.338 e. The Hall–Kier alpha value is -1.95. The third kappa shape index (κ3) is 3.08. The van der Waals surface area contributed by atoms with E-state index in [2.05, 4.69) is 30.1 Å². The number of anilines is 2. The number of likely N-dealkylation sites (N-methyl/N-ethyl adjacent to an activating group) is 1. The smallest absolute Gasteiger partial charge is 0.249 e. The Labute approximate surface area is 141 Å². The van der Waals surface area contributed by atoms with Gasteiger partial charge < -0.3 is 9.80 Å². The number of carbonyl (C=O) groups is 1. The summed E-state index contributed by atoms with van der Waals surface area (Å²) in [6, 6.07) is 9.66. The number of rotatable bonds is 3. The summed E-state index contributed by atoms with van der Waals surface area (Å²) in [5, 5.41) is 0.809. The zero-order valence-corrected chi connectivity index (χ0v) is 14.8. The van der Waals surface area contributed by atoms with Gasteiger partial charge in [-0.1, -0.05) is 39.0 Å². The van der Waals surface area contributed by atoms with Crippen molar-refractivity contribution in [2.45, 2.75) is 38.6 Å². The molecule has 1 atom stereocenters. The van der Waals surface area contributed by atoms with Gasteiger partial charge in [0.1, 0.15) is 11.9 Å². The highest BCUT2D eigenvalue weighted by Gasteiger charge is 2.36. The minimum atomic E-state index is -0.170. The van der Waals surface area contributed by atoms with Gasteiger partial charge in [-0.25, -0.2) is 4.98 Å². The summed E-state index contributed by atoms with van der Waals surface area (Å²) >= 11 is 1.36. The zero-order chi connectivity index (χ0) is 16.6. The molecule has 3 rings (SSSR count). The molecule has 0 aliphatic carbocycles. The molecule has 1 fully saturated rings. The lowest BCUT2D eigenvalue weighted by Crippen LogP contribution is -2.39. The standard InChI is InChI=1S/C17H22N4OS/c1-17(2,3)15-18-16(23-19-15)20(4)13-10-11-21(14(13)22)12-8-6-5-7-9-12/h5-9,13H,10-11H2,1-4H3. The summed E-state index contributed by atoms with van der Waals surface area (Å²) in [4.78, 5) is 21.2. The van der Waals surface area contributed by atoms with Crippen LogP contribution >= 0.6 is 11.5 Å². The molecular formula is C17H22N4OS. The second kappa shape index (κ2) is 5.92. The molecule has 1 aromatic carbocycles. The van der Waals surface area contributed by atoms with Crippen LogP contribution in [0.25, 0.3) is 0 Å². The minimum absolute atomic E-state index is 0.0780. The first-order valence-corrected chi connectivity index (χ1v) is 8.59. The van der Waals surface area contributed by atoms with Crippen molar-refractivity contribution in [1.82, 2.24) is 9.36 Å². The number of aromatic nitrogens is 2. The Morgan fingerprint density at radius 3 is 2.57 bits per heavy atom. The predicted molar refractivity (Wildman–Crippen MR) is 94.2 cm³/mol. The molecule has 1 unspecified atom stereocenters. The largest absolute Gasteiger partial charge is 0.338 e. The Kier molecular flexibility index (Phi) is 4.10. The molecule has 0 spiro atoms. The average molecular weight is 330 g/mol. The van der Waals surface area contributed by atoms with Crippen LogP contribution in [0.1, 0.15) is 33.0 Å². The molecule has 1 aliphatic heterocycles. The summed E-state index contributed by atoms with van der Waals surface area (Å²) < 4.78 is 4.45. The fourth-order valence-electron chi connectivity index (χ4n) is 2.69. The molecule has 0 saturated carbocycles. The first-order valence-electron chi connectivity index (χ1n) is 7.81. The normalized spacial score (nSPS) is 18.5. The van der Waals surface area contributed by atoms with Gasteiger partial charge in [-0.05, 0) is 18.6 Å². The summed E-state index contributed by atoms with van der Waals surface area (Å²) in [7, 11) is 1.93. The number of amides is 1. The molecule has 6 heteroatoms. The number of hydrogen-bond acceptors (Lipinski definition) is 5. The summed E-state index contributed by atoms with van der Waals surface area (Å²) in [6.45, 7) is 7.02. The Morgan fingerprint density at radius 1 is 1.26 bits per heavy atom. The van der Waals surface area contributed by atoms with Crippen LogP contribution in [0, 0.1) is 0 Å². The molecule has 2 heterocycles. The average Bonchev–Trinajstić information content (AvgIpc) is 3.14. The topological polar surface area (TPSA) is 49.3 Å². The molecule has 122 valence electrons. The third-order valence-corrected chi connectivity index (χ3v) is 4.91. The van der Waals surface area contributed by atoms with Crippen molar-refractivity contribution in [2.75, 3.05) is 23.4 Å². The Morgan fingerprint density at radius 2 is 1.96 bits per heavy atom. The lowest BCUT2D eigenvalue weighted by molar-refractivity contribution is -0.118. The number of para-hydroxylation sites is 1. The third-order valence-electron chi connectivity index (χ3n) is 4.10. The van der Waals surface area contributed by atoms with E-state index in [0.717, 1.165) is 29.6 Å². The van der Waals surface area contributed by atoms with Gasteiger partial charge in [0.2, 0.25) is 11.0 Å². The fourth-order valence-corrected chi connectivity index (χ4v) is 3.55. The van der Waals surface area contributed by atoms with E-state index in [-0.39, 0.29) is 17.4 Å². The van der Waals surface area contributed by atoms with Crippen molar-refractivity contribution in [3.05, 3.63) is 36.2 Å². The van der Waals surface area contributed by atoms with Gasteiger partial charge in [0.25, 0.3) is 0 Å². The van der Waals surface area contributed by atoms with Crippen LogP contribution in [0.4, 0.5) is 10.8 Å². The molecule has 2 aromatic rings. The van der Waals surface area contributed by atoms with Gasteiger partial charge in [0.05, 0.1) is 0 Å². The van der Waals surface area contributed by atoms with Crippen molar-refractivity contribution in [3.63, 3.8) is 0 Å². The van der Waals surface area contributed by atoms with E-state index in [0.29, 0.717) is 0 Å². The number of benzene rings is 1. The van der Waals surface area contributed by atoms with Crippen LogP contribution in [-0.2, 0) is 10.2 Å². The highest BCUT2D eigenvalue weighted by molar-refractivity contribution is 7.09. The van der Waals surface area contributed by atoms with E-state index in [9.17, 15) is 4.79 Å². The van der Waals surface area contributed by atoms with Gasteiger partial charge in [0.15, 0.2) is 0 Å². The molecule has 5 nitrogen and oxygen atoms in total. The van der Waals surface area contributed by atoms with E-state index in [1.807, 2.05) is 47.2 Å². The highest BCUT2D eigenvalue weighted by atomic mass is 32.1. The van der Waals surface area contributed by atoms with E-state index in [1.165, 1.54) is 11.5 Å². The second-order valence-electron chi connectivity index (χ2n) is 6.89. The van der Waals surface area contributed by atoms with Gasteiger partial charge in [-0.3, -0.25) is 4.79 Å². The van der Waals surface area contributed by atoms with Crippen LogP contribution < -0.4 is 9.80 Å². The number of carbonyl (C=O) groups excluding carboxylic acids is 1. The molecule has 1 amide bonds. The molecule has 0 radical (unpaired) electrons. The first kappa shape index (κ1) is 15.9. The molecule has 0 N–H and O–H groups in total. The fraction of sp³-hybridized carbons (Fsp3) is 0.471. The summed E-state index contributed by atoms with van der Waals surface area (Å²) in [5.41, 5.74) is 0.881. The molecule has 1 aliphatic rings. The van der Waals surface area contributed by atoms with Gasteiger partial charge in [-0.15, -0.1) is 0 Å². The predicted octanol–water partition coefficient (Wildman–Crippen LogP) is 3.08. The van der Waals surface area contributed by atoms with Gasteiger partial charge in [-0.2, -0.15) is 4.37 Å². The molecule has 23 heavy (non-hydrogen) atoms. The van der Waals surface area contributed by atoms with Crippen molar-refractivity contribution < 1.29 is 4.79 Å². The number of hydrogen-bond donors (Lipinski definition) is 0. The maximum Gasteiger partial charge on any atom is 0.249 e. The van der Waals surface area contributed by atoms with E-state index in [1.54, 1.807) is 0 Å². The summed E-state index contributed by atoms with van der Waals surface area (Å²) in [6.07, 6.45) is 0.800. The first-order chi connectivity index (χ1) is 10.9. The van der Waals surface area contributed by atoms with Crippen LogP contribution in [0.2, 0.25) is 0 Å². The van der Waals surface area contributed by atoms with Crippen LogP contribution in [-0.4, -0.2) is 34.9 Å². The van der Waals surface area contributed by atoms with Crippen LogP contribution in [0.15, 0.2) is 30.3 Å². The van der Waals surface area contributed by atoms with Crippen LogP contribution in [0.3, 0.4) is 0 Å². The second-order valence-corrected chi connectivity index (χ2v) is 7.62. The molecule has 1 aromatic heterocycles. The van der Waals surface area contributed by atoms with Crippen molar-refractivity contribution in [3.8, 4) is 0 Å². The number of nitrogens with zero attached hydrogens (tertiary/aromatic N) is 4. The maximum atomic E-state index is 12.8. The van der Waals surface area contributed by atoms with E-state index < -0.39 is 0 Å². The quantitative estimate of drug-likeness (QED) is 0.868. The lowest BCUT2D eigenvalue weighted by Gasteiger charge is -2.23. The SMILES string of the molecule is CN(c1nc(C(C)(C)C)ns1)C1CCN(c2ccccc2)C1=O. The summed E-state index contributed by atoms with van der Waals surface area (Å²) in [5.74, 6) is 0.959. The van der Waals surface area contributed by atoms with Gasteiger partial charge >= 0.3 is 0 Å². The van der Waals surface area contributed by atoms with Crippen LogP contribution in [0.5, 0.6) is 0 Å².